The molecule has 0 amide bonds. The van der Waals surface area contributed by atoms with Gasteiger partial charge in [0.05, 0.1) is 12.7 Å². The van der Waals surface area contributed by atoms with Crippen LogP contribution in [0.25, 0.3) is 11.1 Å². The number of rotatable bonds is 4. The Labute approximate surface area is 156 Å². The Kier molecular flexibility index (Phi) is 4.47. The SMILES string of the molecule is CC(O)CCC1COc2ccc(-c3cccnc3F)cc2[C@]12COC(N)=N2. The number of ether oxygens (including phenoxy) is 2. The maximum atomic E-state index is 14.2. The minimum Gasteiger partial charge on any atom is -0.493 e. The Balaban J connectivity index is 1.80. The average Bonchev–Trinajstić information content (AvgIpc) is 3.04. The molecule has 0 bridgehead atoms. The number of pyridine rings is 1. The topological polar surface area (TPSA) is 90.0 Å². The summed E-state index contributed by atoms with van der Waals surface area (Å²) in [6, 6.07) is 9.05. The van der Waals surface area contributed by atoms with E-state index in [1.54, 1.807) is 19.1 Å². The zero-order chi connectivity index (χ0) is 19.0. The van der Waals surface area contributed by atoms with Crippen LogP contribution in [-0.4, -0.2) is 35.4 Å². The van der Waals surface area contributed by atoms with E-state index in [1.807, 2.05) is 18.2 Å². The number of benzene rings is 1. The molecule has 3 N–H and O–H groups in total. The van der Waals surface area contributed by atoms with Gasteiger partial charge in [0, 0.05) is 23.2 Å². The number of hydrogen-bond donors (Lipinski definition) is 2. The molecule has 0 saturated heterocycles. The van der Waals surface area contributed by atoms with Gasteiger partial charge >= 0.3 is 0 Å². The lowest BCUT2D eigenvalue weighted by Crippen LogP contribution is -2.42. The first kappa shape index (κ1) is 17.7. The summed E-state index contributed by atoms with van der Waals surface area (Å²) in [5.41, 5.74) is 7.10. The molecule has 2 unspecified atom stereocenters. The molecular formula is C20H22FN3O3. The number of aliphatic hydroxyl groups excluding tert-OH is 1. The number of nitrogens with zero attached hydrogens (tertiary/aromatic N) is 2. The fourth-order valence-corrected chi connectivity index (χ4v) is 3.87. The number of hydrogen-bond acceptors (Lipinski definition) is 6. The normalized spacial score (nSPS) is 24.7. The van der Waals surface area contributed by atoms with Crippen molar-refractivity contribution >= 4 is 6.02 Å². The third-order valence-corrected chi connectivity index (χ3v) is 5.31. The molecule has 2 aliphatic heterocycles. The third kappa shape index (κ3) is 3.12. The number of aliphatic imine (C=N–C) groups is 1. The molecule has 1 aromatic heterocycles. The highest BCUT2D eigenvalue weighted by Crippen LogP contribution is 2.48. The summed E-state index contributed by atoms with van der Waals surface area (Å²) >= 11 is 0. The van der Waals surface area contributed by atoms with E-state index in [1.165, 1.54) is 6.20 Å². The van der Waals surface area contributed by atoms with Crippen molar-refractivity contribution < 1.29 is 19.0 Å². The van der Waals surface area contributed by atoms with Crippen LogP contribution in [0.15, 0.2) is 41.5 Å². The summed E-state index contributed by atoms with van der Waals surface area (Å²) < 4.78 is 25.7. The lowest BCUT2D eigenvalue weighted by molar-refractivity contribution is 0.0831. The molecule has 27 heavy (non-hydrogen) atoms. The van der Waals surface area contributed by atoms with Gasteiger partial charge in [-0.3, -0.25) is 0 Å². The maximum absolute atomic E-state index is 14.2. The van der Waals surface area contributed by atoms with Gasteiger partial charge in [0.1, 0.15) is 17.9 Å². The second-order valence-corrected chi connectivity index (χ2v) is 7.15. The average molecular weight is 371 g/mol. The standard InChI is InChI=1S/C20H22FN3O3/c1-12(25)4-6-14-10-26-17-7-5-13(15-3-2-8-23-18(15)21)9-16(17)20(14)11-27-19(22)24-20/h2-3,5,7-9,12,14,25H,4,6,10-11H2,1H3,(H2,22,24)/t12?,14?,20-/m0/s1. The molecule has 2 aliphatic rings. The molecule has 1 spiro atoms. The van der Waals surface area contributed by atoms with Crippen molar-refractivity contribution in [2.24, 2.45) is 16.6 Å². The lowest BCUT2D eigenvalue weighted by atomic mass is 9.74. The second kappa shape index (κ2) is 6.81. The molecule has 0 radical (unpaired) electrons. The van der Waals surface area contributed by atoms with Crippen molar-refractivity contribution in [2.45, 2.75) is 31.4 Å². The Hall–Kier alpha value is -2.67. The summed E-state index contributed by atoms with van der Waals surface area (Å²) in [7, 11) is 0. The van der Waals surface area contributed by atoms with Gasteiger partial charge in [-0.15, -0.1) is 0 Å². The molecule has 3 heterocycles. The van der Waals surface area contributed by atoms with Crippen LogP contribution in [0.5, 0.6) is 5.75 Å². The van der Waals surface area contributed by atoms with E-state index in [-0.39, 0.29) is 11.9 Å². The van der Waals surface area contributed by atoms with E-state index in [0.29, 0.717) is 42.9 Å². The highest BCUT2D eigenvalue weighted by Gasteiger charge is 2.49. The van der Waals surface area contributed by atoms with Crippen molar-refractivity contribution in [1.29, 1.82) is 0 Å². The monoisotopic (exact) mass is 371 g/mol. The molecule has 6 nitrogen and oxygen atoms in total. The largest absolute Gasteiger partial charge is 0.493 e. The minimum absolute atomic E-state index is 0.00496. The lowest BCUT2D eigenvalue weighted by Gasteiger charge is -2.39. The molecule has 0 fully saturated rings. The number of amidine groups is 1. The fourth-order valence-electron chi connectivity index (χ4n) is 3.87. The van der Waals surface area contributed by atoms with Gasteiger partial charge in [-0.2, -0.15) is 4.39 Å². The number of halogens is 1. The highest BCUT2D eigenvalue weighted by atomic mass is 19.1. The molecule has 0 saturated carbocycles. The highest BCUT2D eigenvalue weighted by molar-refractivity contribution is 5.75. The van der Waals surface area contributed by atoms with Gasteiger partial charge in [-0.1, -0.05) is 6.07 Å². The minimum atomic E-state index is -0.693. The first-order valence-corrected chi connectivity index (χ1v) is 9.04. The number of aliphatic hydroxyl groups is 1. The molecule has 4 rings (SSSR count). The summed E-state index contributed by atoms with van der Waals surface area (Å²) in [6.07, 6.45) is 2.34. The Bertz CT molecular complexity index is 887. The van der Waals surface area contributed by atoms with Gasteiger partial charge in [0.25, 0.3) is 6.02 Å². The van der Waals surface area contributed by atoms with Crippen LogP contribution in [-0.2, 0) is 10.3 Å². The predicted octanol–water partition coefficient (Wildman–Crippen LogP) is 2.60. The van der Waals surface area contributed by atoms with Crippen molar-refractivity contribution in [1.82, 2.24) is 4.98 Å². The van der Waals surface area contributed by atoms with Gasteiger partial charge in [0.2, 0.25) is 5.95 Å². The van der Waals surface area contributed by atoms with E-state index in [0.717, 1.165) is 5.56 Å². The maximum Gasteiger partial charge on any atom is 0.283 e. The van der Waals surface area contributed by atoms with E-state index < -0.39 is 17.6 Å². The van der Waals surface area contributed by atoms with Crippen LogP contribution in [0.1, 0.15) is 25.3 Å². The number of nitrogens with two attached hydrogens (primary N) is 1. The fraction of sp³-hybridized carbons (Fsp3) is 0.400. The van der Waals surface area contributed by atoms with Gasteiger partial charge < -0.3 is 20.3 Å². The van der Waals surface area contributed by atoms with Crippen LogP contribution in [0.2, 0.25) is 0 Å². The van der Waals surface area contributed by atoms with E-state index in [9.17, 15) is 9.50 Å². The molecular weight excluding hydrogens is 349 g/mol. The van der Waals surface area contributed by atoms with Crippen LogP contribution in [0.4, 0.5) is 4.39 Å². The van der Waals surface area contributed by atoms with Crippen molar-refractivity contribution in [3.05, 3.63) is 48.0 Å². The van der Waals surface area contributed by atoms with Gasteiger partial charge in [-0.05, 0) is 49.6 Å². The smallest absolute Gasteiger partial charge is 0.283 e. The molecule has 142 valence electrons. The predicted molar refractivity (Wildman–Crippen MR) is 98.8 cm³/mol. The van der Waals surface area contributed by atoms with E-state index >= 15 is 0 Å². The molecule has 7 heteroatoms. The van der Waals surface area contributed by atoms with Crippen LogP contribution in [0, 0.1) is 11.9 Å². The van der Waals surface area contributed by atoms with Crippen molar-refractivity contribution in [2.75, 3.05) is 13.2 Å². The third-order valence-electron chi connectivity index (χ3n) is 5.31. The number of fused-ring (bicyclic) bond motifs is 2. The summed E-state index contributed by atoms with van der Waals surface area (Å²) in [4.78, 5) is 8.37. The van der Waals surface area contributed by atoms with E-state index in [4.69, 9.17) is 15.2 Å². The first-order chi connectivity index (χ1) is 13.0. The Morgan fingerprint density at radius 1 is 1.37 bits per heavy atom. The zero-order valence-corrected chi connectivity index (χ0v) is 15.1. The quantitative estimate of drug-likeness (QED) is 0.807. The van der Waals surface area contributed by atoms with Crippen LogP contribution in [0.3, 0.4) is 0 Å². The van der Waals surface area contributed by atoms with Crippen LogP contribution >= 0.6 is 0 Å². The molecule has 3 atom stereocenters. The summed E-state index contributed by atoms with van der Waals surface area (Å²) in [6.45, 7) is 2.52. The number of aromatic nitrogens is 1. The summed E-state index contributed by atoms with van der Waals surface area (Å²) in [5, 5.41) is 9.70. The van der Waals surface area contributed by atoms with Gasteiger partial charge in [0.15, 0.2) is 0 Å². The Morgan fingerprint density at radius 2 is 2.22 bits per heavy atom. The Morgan fingerprint density at radius 3 is 2.93 bits per heavy atom. The van der Waals surface area contributed by atoms with E-state index in [2.05, 4.69) is 9.98 Å². The zero-order valence-electron chi connectivity index (χ0n) is 15.1. The molecule has 1 aromatic carbocycles. The molecule has 2 aromatic rings. The van der Waals surface area contributed by atoms with Crippen molar-refractivity contribution in [3.63, 3.8) is 0 Å². The first-order valence-electron chi connectivity index (χ1n) is 9.04. The second-order valence-electron chi connectivity index (χ2n) is 7.15. The van der Waals surface area contributed by atoms with Gasteiger partial charge in [-0.25, -0.2) is 9.98 Å². The van der Waals surface area contributed by atoms with Crippen LogP contribution < -0.4 is 10.5 Å². The summed E-state index contributed by atoms with van der Waals surface area (Å²) in [5.74, 6) is 0.160. The van der Waals surface area contributed by atoms with Crippen molar-refractivity contribution in [3.8, 4) is 16.9 Å². The molecule has 0 aliphatic carbocycles.